The smallest absolute Gasteiger partial charge is 0.335 e. The van der Waals surface area contributed by atoms with Gasteiger partial charge in [-0.25, -0.2) is 4.79 Å². The van der Waals surface area contributed by atoms with Crippen LogP contribution in [0.15, 0.2) is 53.6 Å². The molecule has 2 aromatic carbocycles. The molecule has 0 aliphatic carbocycles. The predicted octanol–water partition coefficient (Wildman–Crippen LogP) is 3.75. The van der Waals surface area contributed by atoms with Crippen molar-refractivity contribution < 1.29 is 9.90 Å². The number of carboxylic acid groups (broad SMARTS) is 1. The minimum absolute atomic E-state index is 0.214. The second kappa shape index (κ2) is 7.71. The van der Waals surface area contributed by atoms with Gasteiger partial charge in [-0.2, -0.15) is 5.10 Å². The number of rotatable bonds is 4. The molecule has 0 atom stereocenters. The van der Waals surface area contributed by atoms with E-state index in [0.717, 1.165) is 11.3 Å². The summed E-state index contributed by atoms with van der Waals surface area (Å²) >= 11 is 11.0. The number of nitrogens with one attached hydrogen (secondary N) is 2. The molecular formula is C16H14ClN3O2S. The zero-order chi connectivity index (χ0) is 16.8. The van der Waals surface area contributed by atoms with E-state index < -0.39 is 5.97 Å². The van der Waals surface area contributed by atoms with Crippen LogP contribution in [0, 0.1) is 0 Å². The van der Waals surface area contributed by atoms with Crippen molar-refractivity contribution in [3.05, 3.63) is 64.7 Å². The highest BCUT2D eigenvalue weighted by atomic mass is 35.5. The molecule has 5 nitrogen and oxygen atoms in total. The zero-order valence-corrected chi connectivity index (χ0v) is 13.8. The van der Waals surface area contributed by atoms with E-state index in [1.165, 1.54) is 12.1 Å². The SMILES string of the molecule is C/C(=N\NC(=S)Nc1ccc(C(=O)O)cc1)c1ccc(Cl)cc1. The van der Waals surface area contributed by atoms with Gasteiger partial charge in [-0.05, 0) is 61.1 Å². The van der Waals surface area contributed by atoms with E-state index in [9.17, 15) is 4.79 Å². The number of carbonyl (C=O) groups is 1. The molecule has 118 valence electrons. The maximum Gasteiger partial charge on any atom is 0.335 e. The average Bonchev–Trinajstić information content (AvgIpc) is 2.54. The van der Waals surface area contributed by atoms with Gasteiger partial charge < -0.3 is 10.4 Å². The van der Waals surface area contributed by atoms with Crippen LogP contribution in [0.4, 0.5) is 5.69 Å². The lowest BCUT2D eigenvalue weighted by Crippen LogP contribution is -2.25. The highest BCUT2D eigenvalue weighted by Gasteiger charge is 2.03. The highest BCUT2D eigenvalue weighted by molar-refractivity contribution is 7.80. The number of hydrogen-bond acceptors (Lipinski definition) is 3. The molecule has 0 aliphatic heterocycles. The average molecular weight is 348 g/mol. The van der Waals surface area contributed by atoms with Gasteiger partial charge in [0.2, 0.25) is 0 Å². The number of nitrogens with zero attached hydrogens (tertiary/aromatic N) is 1. The molecule has 0 aliphatic rings. The van der Waals surface area contributed by atoms with Crippen LogP contribution in [-0.4, -0.2) is 21.9 Å². The molecule has 2 aromatic rings. The maximum absolute atomic E-state index is 10.8. The van der Waals surface area contributed by atoms with E-state index in [0.29, 0.717) is 15.8 Å². The number of hydrogen-bond donors (Lipinski definition) is 3. The van der Waals surface area contributed by atoms with Gasteiger partial charge in [0.25, 0.3) is 0 Å². The molecule has 0 radical (unpaired) electrons. The van der Waals surface area contributed by atoms with Crippen molar-refractivity contribution in [3.63, 3.8) is 0 Å². The number of anilines is 1. The second-order valence-electron chi connectivity index (χ2n) is 4.65. The van der Waals surface area contributed by atoms with Gasteiger partial charge in [-0.15, -0.1) is 0 Å². The third-order valence-corrected chi connectivity index (χ3v) is 3.42. The molecule has 0 bridgehead atoms. The second-order valence-corrected chi connectivity index (χ2v) is 5.50. The lowest BCUT2D eigenvalue weighted by atomic mass is 10.1. The first-order valence-electron chi connectivity index (χ1n) is 6.66. The fourth-order valence-electron chi connectivity index (χ4n) is 1.75. The fourth-order valence-corrected chi connectivity index (χ4v) is 2.03. The summed E-state index contributed by atoms with van der Waals surface area (Å²) in [5.74, 6) is -0.972. The number of carboxylic acids is 1. The predicted molar refractivity (Wildman–Crippen MR) is 96.4 cm³/mol. The lowest BCUT2D eigenvalue weighted by molar-refractivity contribution is 0.0697. The van der Waals surface area contributed by atoms with Crippen molar-refractivity contribution in [3.8, 4) is 0 Å². The van der Waals surface area contributed by atoms with Crippen LogP contribution in [0.3, 0.4) is 0 Å². The van der Waals surface area contributed by atoms with Crippen LogP contribution in [0.25, 0.3) is 0 Å². The fraction of sp³-hybridized carbons (Fsp3) is 0.0625. The number of aromatic carboxylic acids is 1. The van der Waals surface area contributed by atoms with Crippen molar-refractivity contribution in [2.75, 3.05) is 5.32 Å². The summed E-state index contributed by atoms with van der Waals surface area (Å²) in [7, 11) is 0. The van der Waals surface area contributed by atoms with Crippen LogP contribution >= 0.6 is 23.8 Å². The molecule has 0 saturated carbocycles. The van der Waals surface area contributed by atoms with Gasteiger partial charge in [-0.3, -0.25) is 5.43 Å². The topological polar surface area (TPSA) is 73.7 Å². The van der Waals surface area contributed by atoms with Gasteiger partial charge in [0.05, 0.1) is 11.3 Å². The molecule has 0 fully saturated rings. The molecule has 0 unspecified atom stereocenters. The Morgan fingerprint density at radius 2 is 1.65 bits per heavy atom. The number of halogens is 1. The monoisotopic (exact) mass is 347 g/mol. The molecule has 0 saturated heterocycles. The Labute approximate surface area is 144 Å². The number of benzene rings is 2. The molecular weight excluding hydrogens is 334 g/mol. The zero-order valence-electron chi connectivity index (χ0n) is 12.2. The normalized spacial score (nSPS) is 11.0. The summed E-state index contributed by atoms with van der Waals surface area (Å²) in [4.78, 5) is 10.8. The summed E-state index contributed by atoms with van der Waals surface area (Å²) < 4.78 is 0. The summed E-state index contributed by atoms with van der Waals surface area (Å²) in [6, 6.07) is 13.6. The van der Waals surface area contributed by atoms with E-state index in [-0.39, 0.29) is 5.56 Å². The molecule has 2 rings (SSSR count). The Kier molecular flexibility index (Phi) is 5.67. The van der Waals surface area contributed by atoms with E-state index in [4.69, 9.17) is 28.9 Å². The maximum atomic E-state index is 10.8. The van der Waals surface area contributed by atoms with Crippen LogP contribution in [0.2, 0.25) is 5.02 Å². The molecule has 0 aromatic heterocycles. The third-order valence-electron chi connectivity index (χ3n) is 2.98. The minimum atomic E-state index is -0.972. The van der Waals surface area contributed by atoms with Crippen LogP contribution < -0.4 is 10.7 Å². The Hall–Kier alpha value is -2.44. The van der Waals surface area contributed by atoms with Crippen molar-refractivity contribution in [1.29, 1.82) is 0 Å². The molecule has 3 N–H and O–H groups in total. The first-order valence-corrected chi connectivity index (χ1v) is 7.45. The summed E-state index contributed by atoms with van der Waals surface area (Å²) in [6.45, 7) is 1.85. The van der Waals surface area contributed by atoms with E-state index in [1.54, 1.807) is 24.3 Å². The lowest BCUT2D eigenvalue weighted by Gasteiger charge is -2.08. The standard InChI is InChI=1S/C16H14ClN3O2S/c1-10(11-2-6-13(17)7-3-11)19-20-16(23)18-14-8-4-12(5-9-14)15(21)22/h2-9H,1H3,(H,21,22)(H2,18,20,23)/b19-10+. The Bertz CT molecular complexity index is 743. The van der Waals surface area contributed by atoms with Crippen molar-refractivity contribution in [2.45, 2.75) is 6.92 Å². The summed E-state index contributed by atoms with van der Waals surface area (Å²) in [5.41, 5.74) is 5.31. The largest absolute Gasteiger partial charge is 0.478 e. The van der Waals surface area contributed by atoms with Gasteiger partial charge in [0, 0.05) is 10.7 Å². The van der Waals surface area contributed by atoms with Crippen molar-refractivity contribution >= 4 is 46.3 Å². The third kappa shape index (κ3) is 5.05. The quantitative estimate of drug-likeness (QED) is 0.446. The van der Waals surface area contributed by atoms with E-state index in [1.807, 2.05) is 19.1 Å². The molecule has 0 heterocycles. The number of thiocarbonyl (C=S) groups is 1. The molecule has 0 spiro atoms. The highest BCUT2D eigenvalue weighted by Crippen LogP contribution is 2.11. The summed E-state index contributed by atoms with van der Waals surface area (Å²) in [6.07, 6.45) is 0. The van der Waals surface area contributed by atoms with Gasteiger partial charge in [-0.1, -0.05) is 23.7 Å². The van der Waals surface area contributed by atoms with E-state index >= 15 is 0 Å². The Morgan fingerprint density at radius 1 is 1.09 bits per heavy atom. The van der Waals surface area contributed by atoms with Crippen LogP contribution in [0.5, 0.6) is 0 Å². The van der Waals surface area contributed by atoms with Gasteiger partial charge in [0.15, 0.2) is 5.11 Å². The molecule has 7 heteroatoms. The Balaban J connectivity index is 1.95. The van der Waals surface area contributed by atoms with Crippen molar-refractivity contribution in [2.24, 2.45) is 5.10 Å². The van der Waals surface area contributed by atoms with Crippen molar-refractivity contribution in [1.82, 2.24) is 5.43 Å². The van der Waals surface area contributed by atoms with Crippen LogP contribution in [-0.2, 0) is 0 Å². The Morgan fingerprint density at radius 3 is 2.22 bits per heavy atom. The first kappa shape index (κ1) is 16.9. The van der Waals surface area contributed by atoms with Gasteiger partial charge >= 0.3 is 5.97 Å². The van der Waals surface area contributed by atoms with E-state index in [2.05, 4.69) is 15.8 Å². The summed E-state index contributed by atoms with van der Waals surface area (Å²) in [5, 5.41) is 16.9. The van der Waals surface area contributed by atoms with Crippen LogP contribution in [0.1, 0.15) is 22.8 Å². The number of hydrazone groups is 1. The molecule has 0 amide bonds. The van der Waals surface area contributed by atoms with Gasteiger partial charge in [0.1, 0.15) is 0 Å². The first-order chi connectivity index (χ1) is 11.0. The molecule has 23 heavy (non-hydrogen) atoms. The minimum Gasteiger partial charge on any atom is -0.478 e.